The number of rotatable bonds is 3. The molecule has 0 N–H and O–H groups in total. The molecule has 158 valence electrons. The summed E-state index contributed by atoms with van der Waals surface area (Å²) in [6, 6.07) is 4.46. The van der Waals surface area contributed by atoms with Crippen molar-refractivity contribution in [3.63, 3.8) is 0 Å². The lowest BCUT2D eigenvalue weighted by Gasteiger charge is -2.19. The van der Waals surface area contributed by atoms with Gasteiger partial charge < -0.3 is 8.83 Å². The zero-order chi connectivity index (χ0) is 21.7. The molecule has 0 amide bonds. The highest BCUT2D eigenvalue weighted by molar-refractivity contribution is 8.76. The van der Waals surface area contributed by atoms with Crippen molar-refractivity contribution >= 4 is 21.6 Å². The van der Waals surface area contributed by atoms with Crippen LogP contribution in [0.1, 0.15) is 106 Å². The van der Waals surface area contributed by atoms with Gasteiger partial charge in [-0.15, -0.1) is 0 Å². The molecule has 0 aliphatic heterocycles. The Morgan fingerprint density at radius 1 is 0.500 bits per heavy atom. The Morgan fingerprint density at radius 3 is 1.00 bits per heavy atom. The summed E-state index contributed by atoms with van der Waals surface area (Å²) in [5.74, 6) is 2.07. The summed E-state index contributed by atoms with van der Waals surface area (Å²) < 4.78 is 12.7. The average molecular weight is 423 g/mol. The van der Waals surface area contributed by atoms with Gasteiger partial charge in [0.15, 0.2) is 10.2 Å². The van der Waals surface area contributed by atoms with Crippen molar-refractivity contribution < 1.29 is 8.83 Å². The van der Waals surface area contributed by atoms with E-state index in [1.807, 2.05) is 0 Å². The molecule has 0 unspecified atom stereocenters. The third-order valence-electron chi connectivity index (χ3n) is 4.68. The molecule has 2 rings (SSSR count). The summed E-state index contributed by atoms with van der Waals surface area (Å²) in [7, 11) is 3.35. The van der Waals surface area contributed by atoms with Gasteiger partial charge in [0.2, 0.25) is 0 Å². The summed E-state index contributed by atoms with van der Waals surface area (Å²) >= 11 is 0. The Balaban J connectivity index is 2.41. The van der Waals surface area contributed by atoms with Crippen molar-refractivity contribution in [2.24, 2.45) is 0 Å². The summed E-state index contributed by atoms with van der Waals surface area (Å²) in [6.07, 6.45) is 0. The standard InChI is InChI=1S/C24H38O2S2/c1-21(2,3)15-13-17(23(7,8)9)25-19(15)27-28-20-16(22(4,5)6)14-18(26-20)24(10,11)12/h13-14H,1-12H3. The first kappa shape index (κ1) is 23.5. The first-order chi connectivity index (χ1) is 12.4. The lowest BCUT2D eigenvalue weighted by Crippen LogP contribution is -2.12. The molecule has 0 bridgehead atoms. The van der Waals surface area contributed by atoms with E-state index in [0.29, 0.717) is 0 Å². The molecule has 0 aromatic carbocycles. The van der Waals surface area contributed by atoms with E-state index in [0.717, 1.165) is 21.7 Å². The summed E-state index contributed by atoms with van der Waals surface area (Å²) in [4.78, 5) is 0. The molecule has 28 heavy (non-hydrogen) atoms. The molecule has 0 spiro atoms. The van der Waals surface area contributed by atoms with Gasteiger partial charge >= 0.3 is 0 Å². The van der Waals surface area contributed by atoms with Gasteiger partial charge in [0.05, 0.1) is 0 Å². The van der Waals surface area contributed by atoms with Crippen LogP contribution in [0, 0.1) is 0 Å². The van der Waals surface area contributed by atoms with E-state index >= 15 is 0 Å². The molecule has 0 saturated heterocycles. The zero-order valence-corrected chi connectivity index (χ0v) is 21.4. The van der Waals surface area contributed by atoms with Gasteiger partial charge in [-0.3, -0.25) is 0 Å². The van der Waals surface area contributed by atoms with Crippen LogP contribution < -0.4 is 0 Å². The quantitative estimate of drug-likeness (QED) is 0.461. The molecule has 0 radical (unpaired) electrons. The molecule has 0 saturated carbocycles. The van der Waals surface area contributed by atoms with Crippen LogP contribution in [0.25, 0.3) is 0 Å². The second-order valence-electron chi connectivity index (χ2n) is 11.8. The Hall–Kier alpha value is -0.740. The second kappa shape index (κ2) is 7.50. The molecular formula is C24H38O2S2. The van der Waals surface area contributed by atoms with Crippen molar-refractivity contribution in [3.8, 4) is 0 Å². The fourth-order valence-electron chi connectivity index (χ4n) is 2.73. The molecule has 0 aliphatic carbocycles. The number of hydrogen-bond donors (Lipinski definition) is 0. The van der Waals surface area contributed by atoms with Gasteiger partial charge in [0.1, 0.15) is 11.5 Å². The Labute approximate surface area is 180 Å². The SMILES string of the molecule is CC(C)(C)c1cc(C(C)(C)C)c(SSc2oc(C(C)(C)C)cc2C(C)(C)C)o1. The van der Waals surface area contributed by atoms with E-state index in [1.54, 1.807) is 21.6 Å². The van der Waals surface area contributed by atoms with Crippen molar-refractivity contribution in [3.05, 3.63) is 34.8 Å². The molecule has 2 nitrogen and oxygen atoms in total. The number of furan rings is 2. The molecule has 0 atom stereocenters. The minimum Gasteiger partial charge on any atom is -0.453 e. The van der Waals surface area contributed by atoms with Crippen LogP contribution in [0.15, 0.2) is 31.2 Å². The third kappa shape index (κ3) is 5.44. The first-order valence-electron chi connectivity index (χ1n) is 10.0. The fraction of sp³-hybridized carbons (Fsp3) is 0.667. The zero-order valence-electron chi connectivity index (χ0n) is 19.8. The van der Waals surface area contributed by atoms with Gasteiger partial charge in [-0.1, -0.05) is 83.1 Å². The molecule has 4 heteroatoms. The van der Waals surface area contributed by atoms with Crippen molar-refractivity contribution in [2.75, 3.05) is 0 Å². The summed E-state index contributed by atoms with van der Waals surface area (Å²) in [5.41, 5.74) is 2.56. The van der Waals surface area contributed by atoms with Crippen LogP contribution in [-0.4, -0.2) is 0 Å². The van der Waals surface area contributed by atoms with Crippen LogP contribution in [0.4, 0.5) is 0 Å². The van der Waals surface area contributed by atoms with Crippen LogP contribution in [0.2, 0.25) is 0 Å². The van der Waals surface area contributed by atoms with Gasteiger partial charge in [-0.2, -0.15) is 0 Å². The Kier molecular flexibility index (Phi) is 6.31. The monoisotopic (exact) mass is 422 g/mol. The molecule has 2 aromatic heterocycles. The largest absolute Gasteiger partial charge is 0.453 e. The van der Waals surface area contributed by atoms with Crippen LogP contribution in [0.3, 0.4) is 0 Å². The van der Waals surface area contributed by atoms with E-state index < -0.39 is 0 Å². The lowest BCUT2D eigenvalue weighted by atomic mass is 9.86. The van der Waals surface area contributed by atoms with Crippen LogP contribution >= 0.6 is 21.6 Å². The van der Waals surface area contributed by atoms with Crippen molar-refractivity contribution in [1.29, 1.82) is 0 Å². The Morgan fingerprint density at radius 2 is 0.786 bits per heavy atom. The minimum atomic E-state index is -0.00979. The highest BCUT2D eigenvalue weighted by Gasteiger charge is 2.31. The van der Waals surface area contributed by atoms with E-state index in [9.17, 15) is 0 Å². The van der Waals surface area contributed by atoms with Gasteiger partial charge in [0, 0.05) is 22.0 Å². The van der Waals surface area contributed by atoms with E-state index in [1.165, 1.54) is 11.1 Å². The van der Waals surface area contributed by atoms with E-state index in [4.69, 9.17) is 8.83 Å². The summed E-state index contributed by atoms with van der Waals surface area (Å²) in [6.45, 7) is 26.6. The highest BCUT2D eigenvalue weighted by Crippen LogP contribution is 2.49. The predicted octanol–water partition coefficient (Wildman–Crippen LogP) is 8.86. The lowest BCUT2D eigenvalue weighted by molar-refractivity contribution is 0.355. The highest BCUT2D eigenvalue weighted by atomic mass is 33.1. The maximum absolute atomic E-state index is 6.33. The average Bonchev–Trinajstić information content (AvgIpc) is 3.07. The predicted molar refractivity (Wildman–Crippen MR) is 124 cm³/mol. The van der Waals surface area contributed by atoms with Gasteiger partial charge in [-0.25, -0.2) is 0 Å². The van der Waals surface area contributed by atoms with E-state index in [-0.39, 0.29) is 21.7 Å². The Bertz CT molecular complexity index is 743. The molecule has 0 fully saturated rings. The molecule has 0 aliphatic rings. The van der Waals surface area contributed by atoms with Crippen LogP contribution in [0.5, 0.6) is 0 Å². The van der Waals surface area contributed by atoms with Gasteiger partial charge in [-0.05, 0) is 44.6 Å². The molecule has 2 aromatic rings. The molecule has 2 heterocycles. The smallest absolute Gasteiger partial charge is 0.175 e. The minimum absolute atomic E-state index is 0.00979. The first-order valence-corrected chi connectivity index (χ1v) is 12.2. The maximum Gasteiger partial charge on any atom is 0.175 e. The summed E-state index contributed by atoms with van der Waals surface area (Å²) in [5, 5.41) is 1.96. The fourth-order valence-corrected chi connectivity index (χ4v) is 5.24. The molecular weight excluding hydrogens is 384 g/mol. The maximum atomic E-state index is 6.33. The number of hydrogen-bond acceptors (Lipinski definition) is 4. The topological polar surface area (TPSA) is 26.3 Å². The normalized spacial score (nSPS) is 14.0. The van der Waals surface area contributed by atoms with Crippen molar-refractivity contribution in [1.82, 2.24) is 0 Å². The van der Waals surface area contributed by atoms with Gasteiger partial charge in [0.25, 0.3) is 0 Å². The van der Waals surface area contributed by atoms with Crippen LogP contribution in [-0.2, 0) is 21.7 Å². The second-order valence-corrected chi connectivity index (χ2v) is 13.9. The van der Waals surface area contributed by atoms with Crippen molar-refractivity contribution in [2.45, 2.75) is 115 Å². The van der Waals surface area contributed by atoms with E-state index in [2.05, 4.69) is 95.2 Å². The third-order valence-corrected chi connectivity index (χ3v) is 6.83.